The summed E-state index contributed by atoms with van der Waals surface area (Å²) in [6, 6.07) is 0.242. The Balaban J connectivity index is 2.78. The van der Waals surface area contributed by atoms with Crippen LogP contribution >= 0.6 is 0 Å². The van der Waals surface area contributed by atoms with Crippen LogP contribution < -0.4 is 15.4 Å². The van der Waals surface area contributed by atoms with Crippen molar-refractivity contribution >= 4 is 16.0 Å². The predicted octanol–water partition coefficient (Wildman–Crippen LogP) is 1.07. The van der Waals surface area contributed by atoms with Crippen LogP contribution in [0.1, 0.15) is 48.0 Å². The fourth-order valence-corrected chi connectivity index (χ4v) is 4.09. The number of sulfonamides is 1. The van der Waals surface area contributed by atoms with Crippen molar-refractivity contribution in [2.75, 3.05) is 26.5 Å². The number of hydrogen-bond donors (Lipinski definition) is 3. The van der Waals surface area contributed by atoms with E-state index in [-0.39, 0.29) is 17.1 Å². The van der Waals surface area contributed by atoms with E-state index >= 15 is 0 Å². The van der Waals surface area contributed by atoms with Gasteiger partial charge in [0, 0.05) is 30.7 Å². The summed E-state index contributed by atoms with van der Waals surface area (Å²) >= 11 is 0. The van der Waals surface area contributed by atoms with E-state index in [9.17, 15) is 8.42 Å². The van der Waals surface area contributed by atoms with Crippen LogP contribution in [-0.2, 0) is 14.8 Å². The van der Waals surface area contributed by atoms with Crippen molar-refractivity contribution in [1.82, 2.24) is 15.4 Å². The van der Waals surface area contributed by atoms with Crippen molar-refractivity contribution in [2.45, 2.75) is 65.1 Å². The summed E-state index contributed by atoms with van der Waals surface area (Å²) in [6.45, 7) is 13.2. The molecule has 2 atom stereocenters. The van der Waals surface area contributed by atoms with Crippen LogP contribution in [0.4, 0.5) is 0 Å². The van der Waals surface area contributed by atoms with Gasteiger partial charge in [-0.2, -0.15) is 0 Å². The van der Waals surface area contributed by atoms with E-state index in [4.69, 9.17) is 4.74 Å². The molecule has 142 valence electrons. The average Bonchev–Trinajstić information content (AvgIpc) is 2.41. The third-order valence-electron chi connectivity index (χ3n) is 5.03. The summed E-state index contributed by atoms with van der Waals surface area (Å²) in [5.41, 5.74) is -0.830. The van der Waals surface area contributed by atoms with Gasteiger partial charge in [-0.3, -0.25) is 4.99 Å². The Kier molecular flexibility index (Phi) is 6.33. The Labute approximate surface area is 147 Å². The molecule has 0 bridgehead atoms. The zero-order valence-corrected chi connectivity index (χ0v) is 17.1. The molecular formula is C16H34N4O3S. The Morgan fingerprint density at radius 1 is 1.33 bits per heavy atom. The molecule has 0 aromatic heterocycles. The smallest absolute Gasteiger partial charge is 0.209 e. The largest absolute Gasteiger partial charge is 0.378 e. The van der Waals surface area contributed by atoms with Gasteiger partial charge in [-0.15, -0.1) is 0 Å². The Morgan fingerprint density at radius 3 is 2.33 bits per heavy atom. The van der Waals surface area contributed by atoms with Gasteiger partial charge in [0.15, 0.2) is 5.96 Å². The van der Waals surface area contributed by atoms with Gasteiger partial charge in [-0.05, 0) is 34.1 Å². The molecule has 0 heterocycles. The predicted molar refractivity (Wildman–Crippen MR) is 98.8 cm³/mol. The number of nitrogens with zero attached hydrogens (tertiary/aromatic N) is 1. The third-order valence-corrected chi connectivity index (χ3v) is 5.95. The number of aliphatic imine (C=N–C) groups is 1. The maximum atomic E-state index is 11.4. The Morgan fingerprint density at radius 2 is 1.92 bits per heavy atom. The molecule has 8 heteroatoms. The van der Waals surface area contributed by atoms with E-state index < -0.39 is 15.6 Å². The lowest BCUT2D eigenvalue weighted by Crippen LogP contribution is -2.69. The number of rotatable bonds is 7. The molecule has 2 unspecified atom stereocenters. The summed E-state index contributed by atoms with van der Waals surface area (Å²) in [7, 11) is -1.53. The molecule has 0 aliphatic heterocycles. The van der Waals surface area contributed by atoms with Crippen molar-refractivity contribution in [2.24, 2.45) is 10.4 Å². The van der Waals surface area contributed by atoms with Gasteiger partial charge in [0.1, 0.15) is 0 Å². The lowest BCUT2D eigenvalue weighted by Gasteiger charge is -2.59. The molecule has 0 saturated heterocycles. The van der Waals surface area contributed by atoms with Gasteiger partial charge in [0.2, 0.25) is 10.0 Å². The molecule has 0 aromatic carbocycles. The molecule has 24 heavy (non-hydrogen) atoms. The number of guanidine groups is 1. The van der Waals surface area contributed by atoms with Crippen LogP contribution in [0, 0.1) is 5.41 Å². The highest BCUT2D eigenvalue weighted by molar-refractivity contribution is 7.88. The molecule has 3 N–H and O–H groups in total. The second-order valence-electron chi connectivity index (χ2n) is 8.01. The Hall–Kier alpha value is -0.860. The van der Waals surface area contributed by atoms with Gasteiger partial charge in [0.25, 0.3) is 0 Å². The maximum Gasteiger partial charge on any atom is 0.209 e. The van der Waals surface area contributed by atoms with E-state index in [1.165, 1.54) is 0 Å². The molecule has 1 aliphatic rings. The molecular weight excluding hydrogens is 328 g/mol. The zero-order valence-electron chi connectivity index (χ0n) is 16.3. The summed E-state index contributed by atoms with van der Waals surface area (Å²) < 4.78 is 31.1. The molecule has 0 spiro atoms. The first-order valence-corrected chi connectivity index (χ1v) is 10.2. The Bertz CT molecular complexity index is 572. The topological polar surface area (TPSA) is 91.8 Å². The SMILES string of the molecule is CCNC(=NCC(C)(C)NS(C)(=O)=O)NC1CC(C)(OC)C1(C)C. The fraction of sp³-hybridized carbons (Fsp3) is 0.938. The number of nitrogens with one attached hydrogen (secondary N) is 3. The lowest BCUT2D eigenvalue weighted by molar-refractivity contribution is -0.176. The minimum atomic E-state index is -3.27. The quantitative estimate of drug-likeness (QED) is 0.465. The second-order valence-corrected chi connectivity index (χ2v) is 9.76. The molecule has 1 fully saturated rings. The second kappa shape index (κ2) is 7.17. The van der Waals surface area contributed by atoms with E-state index in [0.29, 0.717) is 12.5 Å². The van der Waals surface area contributed by atoms with E-state index in [0.717, 1.165) is 19.2 Å². The third kappa shape index (κ3) is 5.07. The van der Waals surface area contributed by atoms with Crippen LogP contribution in [0.3, 0.4) is 0 Å². The van der Waals surface area contributed by atoms with Gasteiger partial charge in [-0.1, -0.05) is 13.8 Å². The van der Waals surface area contributed by atoms with Gasteiger partial charge < -0.3 is 15.4 Å². The van der Waals surface area contributed by atoms with Crippen LogP contribution in [0.25, 0.3) is 0 Å². The first-order chi connectivity index (χ1) is 10.8. The number of methoxy groups -OCH3 is 1. The van der Waals surface area contributed by atoms with Crippen molar-refractivity contribution < 1.29 is 13.2 Å². The number of hydrogen-bond acceptors (Lipinski definition) is 4. The van der Waals surface area contributed by atoms with Crippen LogP contribution in [0.2, 0.25) is 0 Å². The van der Waals surface area contributed by atoms with E-state index in [1.54, 1.807) is 7.11 Å². The van der Waals surface area contributed by atoms with Crippen molar-refractivity contribution in [1.29, 1.82) is 0 Å². The zero-order chi connectivity index (χ0) is 18.8. The van der Waals surface area contributed by atoms with Crippen LogP contribution in [0.15, 0.2) is 4.99 Å². The lowest BCUT2D eigenvalue weighted by atomic mass is 9.56. The normalized spacial score (nSPS) is 27.5. The van der Waals surface area contributed by atoms with Crippen LogP contribution in [-0.4, -0.2) is 58.0 Å². The van der Waals surface area contributed by atoms with Gasteiger partial charge in [-0.25, -0.2) is 13.1 Å². The molecule has 0 aromatic rings. The summed E-state index contributed by atoms with van der Waals surface area (Å²) in [5, 5.41) is 6.67. The molecule has 1 aliphatic carbocycles. The average molecular weight is 363 g/mol. The minimum Gasteiger partial charge on any atom is -0.378 e. The molecule has 0 radical (unpaired) electrons. The maximum absolute atomic E-state index is 11.4. The highest BCUT2D eigenvalue weighted by atomic mass is 32.2. The minimum absolute atomic E-state index is 0.0293. The van der Waals surface area contributed by atoms with Crippen molar-refractivity contribution in [3.63, 3.8) is 0 Å². The summed E-state index contributed by atoms with van der Waals surface area (Å²) in [6.07, 6.45) is 2.05. The standard InChI is InChI=1S/C16H34N4O3S/c1-9-17-13(18-11-14(2,3)20-24(8,21)22)19-12-10-16(6,23-7)15(12,4)5/h12,20H,9-11H2,1-8H3,(H2,17,18,19). The monoisotopic (exact) mass is 362 g/mol. The highest BCUT2D eigenvalue weighted by Gasteiger charge is 2.58. The van der Waals surface area contributed by atoms with E-state index in [1.807, 2.05) is 20.8 Å². The fourth-order valence-electron chi connectivity index (χ4n) is 3.02. The number of ether oxygens (including phenoxy) is 1. The molecule has 0 amide bonds. The summed E-state index contributed by atoms with van der Waals surface area (Å²) in [5.74, 6) is 0.692. The molecule has 1 saturated carbocycles. The van der Waals surface area contributed by atoms with Crippen molar-refractivity contribution in [3.8, 4) is 0 Å². The van der Waals surface area contributed by atoms with Gasteiger partial charge >= 0.3 is 0 Å². The van der Waals surface area contributed by atoms with Crippen molar-refractivity contribution in [3.05, 3.63) is 0 Å². The first kappa shape index (κ1) is 21.2. The van der Waals surface area contributed by atoms with Gasteiger partial charge in [0.05, 0.1) is 18.4 Å². The van der Waals surface area contributed by atoms with E-state index in [2.05, 4.69) is 41.1 Å². The first-order valence-electron chi connectivity index (χ1n) is 8.35. The van der Waals surface area contributed by atoms with Crippen LogP contribution in [0.5, 0.6) is 0 Å². The highest BCUT2D eigenvalue weighted by Crippen LogP contribution is 2.51. The molecule has 1 rings (SSSR count). The summed E-state index contributed by atoms with van der Waals surface area (Å²) in [4.78, 5) is 4.56. The molecule has 7 nitrogen and oxygen atoms in total.